The van der Waals surface area contributed by atoms with Crippen LogP contribution in [0.15, 0.2) is 94.5 Å². The van der Waals surface area contributed by atoms with Crippen LogP contribution < -0.4 is 21.7 Å². The summed E-state index contributed by atoms with van der Waals surface area (Å²) < 4.78 is 5.43. The van der Waals surface area contributed by atoms with Crippen LogP contribution in [0.4, 0.5) is 28.4 Å². The summed E-state index contributed by atoms with van der Waals surface area (Å²) in [5.74, 6) is -0.244. The Morgan fingerprint density at radius 2 is 1.68 bits per heavy atom. The number of rotatable bonds is 11. The van der Waals surface area contributed by atoms with Gasteiger partial charge < -0.3 is 26.4 Å². The summed E-state index contributed by atoms with van der Waals surface area (Å²) in [6, 6.07) is 24.4. The highest BCUT2D eigenvalue weighted by Crippen LogP contribution is 2.30. The summed E-state index contributed by atoms with van der Waals surface area (Å²) in [5, 5.41) is 13.5. The summed E-state index contributed by atoms with van der Waals surface area (Å²) in [7, 11) is 2.01. The van der Waals surface area contributed by atoms with Gasteiger partial charge in [-0.3, -0.25) is 4.79 Å². The second kappa shape index (κ2) is 12.8. The van der Waals surface area contributed by atoms with Gasteiger partial charge in [0.15, 0.2) is 0 Å². The van der Waals surface area contributed by atoms with Crippen molar-refractivity contribution in [3.05, 3.63) is 89.8 Å². The van der Waals surface area contributed by atoms with Crippen LogP contribution in [0.25, 0.3) is 10.4 Å². The number of nitrogen functional groups attached to an aromatic ring is 1. The fraction of sp³-hybridized carbons (Fsp3) is 0.179. The second-order valence-electron chi connectivity index (χ2n) is 8.32. The van der Waals surface area contributed by atoms with Crippen LogP contribution in [-0.4, -0.2) is 39.3 Å². The monoisotopic (exact) mass is 514 g/mol. The smallest absolute Gasteiger partial charge is 0.255 e. The molecule has 37 heavy (non-hydrogen) atoms. The van der Waals surface area contributed by atoms with Crippen molar-refractivity contribution in [3.8, 4) is 10.4 Å². The lowest BCUT2D eigenvalue weighted by Crippen LogP contribution is -2.23. The Balaban J connectivity index is 1.34. The van der Waals surface area contributed by atoms with Gasteiger partial charge in [0.2, 0.25) is 0 Å². The lowest BCUT2D eigenvalue weighted by atomic mass is 10.1. The van der Waals surface area contributed by atoms with E-state index < -0.39 is 0 Å². The molecule has 0 fully saturated rings. The van der Waals surface area contributed by atoms with E-state index in [1.54, 1.807) is 41.7 Å². The molecule has 1 heterocycles. The number of nitrogens with two attached hydrogens (primary N) is 2. The molecule has 0 spiro atoms. The van der Waals surface area contributed by atoms with Crippen molar-refractivity contribution in [2.24, 2.45) is 16.0 Å². The zero-order valence-corrected chi connectivity index (χ0v) is 21.4. The van der Waals surface area contributed by atoms with Gasteiger partial charge in [-0.1, -0.05) is 12.1 Å². The first-order chi connectivity index (χ1) is 18.0. The average molecular weight is 515 g/mol. The summed E-state index contributed by atoms with van der Waals surface area (Å²) in [6.07, 6.45) is 0. The third-order valence-corrected chi connectivity index (χ3v) is 6.56. The predicted octanol–water partition coefficient (Wildman–Crippen LogP) is 6.08. The maximum atomic E-state index is 12.8. The van der Waals surface area contributed by atoms with Crippen LogP contribution in [-0.2, 0) is 4.74 Å². The van der Waals surface area contributed by atoms with Gasteiger partial charge in [0.1, 0.15) is 0 Å². The van der Waals surface area contributed by atoms with Gasteiger partial charge in [-0.05, 0) is 77.7 Å². The quantitative estimate of drug-likeness (QED) is 0.127. The third-order valence-electron chi connectivity index (χ3n) is 5.64. The third kappa shape index (κ3) is 7.23. The topological polar surface area (TPSA) is 118 Å². The van der Waals surface area contributed by atoms with E-state index in [2.05, 4.69) is 20.4 Å². The molecule has 5 N–H and O–H groups in total. The molecular formula is C28H30N6O2S. The fourth-order valence-corrected chi connectivity index (χ4v) is 4.26. The lowest BCUT2D eigenvalue weighted by molar-refractivity contribution is 0.102. The maximum Gasteiger partial charge on any atom is 0.255 e. The normalized spacial score (nSPS) is 11.1. The number of carbonyl (C=O) groups excluding carboxylic acids is 1. The fourth-order valence-electron chi connectivity index (χ4n) is 3.54. The largest absolute Gasteiger partial charge is 0.397 e. The van der Waals surface area contributed by atoms with Crippen LogP contribution in [0, 0.1) is 0 Å². The molecule has 0 atom stereocenters. The van der Waals surface area contributed by atoms with Gasteiger partial charge >= 0.3 is 0 Å². The Kier molecular flexibility index (Phi) is 8.98. The predicted molar refractivity (Wildman–Crippen MR) is 152 cm³/mol. The van der Waals surface area contributed by atoms with Crippen LogP contribution in [0.5, 0.6) is 0 Å². The van der Waals surface area contributed by atoms with Gasteiger partial charge in [-0.15, -0.1) is 11.3 Å². The number of nitrogens with zero attached hydrogens (tertiary/aromatic N) is 3. The second-order valence-corrected chi connectivity index (χ2v) is 9.27. The Morgan fingerprint density at radius 3 is 2.32 bits per heavy atom. The molecule has 4 rings (SSSR count). The van der Waals surface area contributed by atoms with Gasteiger partial charge in [0.05, 0.1) is 36.0 Å². The minimum absolute atomic E-state index is 0.244. The highest BCUT2D eigenvalue weighted by Gasteiger charge is 2.10. The van der Waals surface area contributed by atoms with Gasteiger partial charge in [-0.2, -0.15) is 10.2 Å². The number of hydrogen-bond donors (Lipinski definition) is 3. The number of nitrogens with one attached hydrogen (secondary N) is 1. The van der Waals surface area contributed by atoms with Gasteiger partial charge in [0.25, 0.3) is 5.91 Å². The van der Waals surface area contributed by atoms with Crippen LogP contribution in [0.3, 0.4) is 0 Å². The summed E-state index contributed by atoms with van der Waals surface area (Å²) in [6.45, 7) is 2.49. The standard InChI is InChI=1S/C28H30N6O2S/c1-34(15-17-36-16-14-29)24-11-9-23(10-12-24)33-32-22-7-4-20(5-8-22)28(35)31-26-19-21(6-13-25(26)30)27-3-2-18-37-27/h2-13,18-19H,14-17,29-30H2,1H3,(H,31,35). The molecule has 4 aromatic rings. The number of ether oxygens (including phenoxy) is 1. The Bertz CT molecular complexity index is 1320. The molecule has 0 radical (unpaired) electrons. The maximum absolute atomic E-state index is 12.8. The van der Waals surface area contributed by atoms with Crippen molar-refractivity contribution in [1.29, 1.82) is 0 Å². The molecule has 0 saturated heterocycles. The van der Waals surface area contributed by atoms with Crippen molar-refractivity contribution in [2.45, 2.75) is 0 Å². The van der Waals surface area contributed by atoms with E-state index >= 15 is 0 Å². The Morgan fingerprint density at radius 1 is 0.973 bits per heavy atom. The average Bonchev–Trinajstić information content (AvgIpc) is 3.47. The summed E-state index contributed by atoms with van der Waals surface area (Å²) in [4.78, 5) is 16.0. The van der Waals surface area contributed by atoms with Crippen LogP contribution >= 0.6 is 11.3 Å². The zero-order valence-electron chi connectivity index (χ0n) is 20.6. The SMILES string of the molecule is CN(CCOCCN)c1ccc(N=Nc2ccc(C(=O)Nc3cc(-c4cccs4)ccc3N)cc2)cc1. The van der Waals surface area contributed by atoms with E-state index in [0.29, 0.717) is 42.4 Å². The molecule has 3 aromatic carbocycles. The minimum atomic E-state index is -0.244. The first-order valence-electron chi connectivity index (χ1n) is 11.9. The Labute approximate surface area is 220 Å². The number of anilines is 3. The molecule has 0 aliphatic heterocycles. The van der Waals surface area contributed by atoms with E-state index in [1.807, 2.05) is 61.0 Å². The van der Waals surface area contributed by atoms with Crippen molar-refractivity contribution in [3.63, 3.8) is 0 Å². The van der Waals surface area contributed by atoms with Crippen molar-refractivity contribution in [2.75, 3.05) is 49.3 Å². The molecule has 190 valence electrons. The van der Waals surface area contributed by atoms with Crippen LogP contribution in [0.1, 0.15) is 10.4 Å². The first kappa shape index (κ1) is 26.0. The molecule has 0 bridgehead atoms. The Hall–Kier alpha value is -4.05. The first-order valence-corrected chi connectivity index (χ1v) is 12.8. The molecule has 1 amide bonds. The molecule has 1 aromatic heterocycles. The number of carbonyl (C=O) groups is 1. The number of thiophene rings is 1. The zero-order chi connectivity index (χ0) is 26.0. The van der Waals surface area contributed by atoms with Gasteiger partial charge in [0, 0.05) is 36.3 Å². The molecule has 8 nitrogen and oxygen atoms in total. The number of amides is 1. The number of hydrogen-bond acceptors (Lipinski definition) is 8. The van der Waals surface area contributed by atoms with E-state index in [4.69, 9.17) is 16.2 Å². The van der Waals surface area contributed by atoms with E-state index in [0.717, 1.165) is 28.4 Å². The van der Waals surface area contributed by atoms with E-state index in [1.165, 1.54) is 0 Å². The highest BCUT2D eigenvalue weighted by atomic mass is 32.1. The van der Waals surface area contributed by atoms with Crippen LogP contribution in [0.2, 0.25) is 0 Å². The molecule has 0 saturated carbocycles. The lowest BCUT2D eigenvalue weighted by Gasteiger charge is -2.19. The van der Waals surface area contributed by atoms with Gasteiger partial charge in [-0.25, -0.2) is 0 Å². The minimum Gasteiger partial charge on any atom is -0.397 e. The molecular weight excluding hydrogens is 484 g/mol. The highest BCUT2D eigenvalue weighted by molar-refractivity contribution is 7.13. The van der Waals surface area contributed by atoms with Crippen molar-refractivity contribution in [1.82, 2.24) is 0 Å². The number of benzene rings is 3. The van der Waals surface area contributed by atoms with E-state index in [-0.39, 0.29) is 5.91 Å². The molecule has 0 aliphatic rings. The summed E-state index contributed by atoms with van der Waals surface area (Å²) >= 11 is 1.63. The number of azo groups is 1. The van der Waals surface area contributed by atoms with Crippen molar-refractivity contribution < 1.29 is 9.53 Å². The molecule has 0 unspecified atom stereocenters. The number of likely N-dealkylation sites (N-methyl/N-ethyl adjacent to an activating group) is 1. The molecule has 9 heteroatoms. The summed E-state index contributed by atoms with van der Waals surface area (Å²) in [5.41, 5.74) is 16.6. The molecule has 0 aliphatic carbocycles. The van der Waals surface area contributed by atoms with Crippen molar-refractivity contribution >= 4 is 45.7 Å². The van der Waals surface area contributed by atoms with E-state index in [9.17, 15) is 4.79 Å².